The summed E-state index contributed by atoms with van der Waals surface area (Å²) in [6, 6.07) is 0.204. The molecule has 5 nitrogen and oxygen atoms in total. The Kier molecular flexibility index (Phi) is 4.58. The molecule has 2 aliphatic rings. The van der Waals surface area contributed by atoms with Crippen molar-refractivity contribution in [3.05, 3.63) is 12.4 Å². The molecule has 1 amide bonds. The third kappa shape index (κ3) is 4.13. The standard InChI is InChI=1S/C15H27N3O2/c1-15(2,3)16-14(20)10-17-8-9-18(11-17)12-6-4-5-7-13(12)19/h8-9,12-13,19H,4-7,10-11H2,1-3H3,(H,16,20). The van der Waals surface area contributed by atoms with E-state index in [1.54, 1.807) is 0 Å². The zero-order valence-corrected chi connectivity index (χ0v) is 12.8. The van der Waals surface area contributed by atoms with Gasteiger partial charge in [-0.25, -0.2) is 0 Å². The zero-order valence-electron chi connectivity index (χ0n) is 12.8. The van der Waals surface area contributed by atoms with Crippen LogP contribution >= 0.6 is 0 Å². The Morgan fingerprint density at radius 3 is 2.65 bits per heavy atom. The van der Waals surface area contributed by atoms with Crippen LogP contribution in [-0.2, 0) is 4.79 Å². The molecule has 0 aromatic rings. The maximum atomic E-state index is 11.9. The van der Waals surface area contributed by atoms with Gasteiger partial charge >= 0.3 is 0 Å². The van der Waals surface area contributed by atoms with Crippen molar-refractivity contribution in [3.63, 3.8) is 0 Å². The molecule has 1 aliphatic heterocycles. The predicted molar refractivity (Wildman–Crippen MR) is 78.7 cm³/mol. The van der Waals surface area contributed by atoms with Crippen LogP contribution in [0.15, 0.2) is 12.4 Å². The van der Waals surface area contributed by atoms with Gasteiger partial charge in [0.15, 0.2) is 0 Å². The fraction of sp³-hybridized carbons (Fsp3) is 0.800. The Labute approximate surface area is 121 Å². The minimum absolute atomic E-state index is 0.0354. The quantitative estimate of drug-likeness (QED) is 0.817. The van der Waals surface area contributed by atoms with E-state index in [0.717, 1.165) is 19.3 Å². The number of aliphatic hydroxyl groups is 1. The van der Waals surface area contributed by atoms with Gasteiger partial charge in [-0.3, -0.25) is 4.79 Å². The summed E-state index contributed by atoms with van der Waals surface area (Å²) in [7, 11) is 0. The minimum Gasteiger partial charge on any atom is -0.391 e. The molecule has 1 saturated carbocycles. The first-order valence-electron chi connectivity index (χ1n) is 7.52. The van der Waals surface area contributed by atoms with Crippen molar-refractivity contribution in [3.8, 4) is 0 Å². The van der Waals surface area contributed by atoms with Crippen molar-refractivity contribution in [1.82, 2.24) is 15.1 Å². The lowest BCUT2D eigenvalue weighted by Gasteiger charge is -2.36. The second kappa shape index (κ2) is 6.04. The summed E-state index contributed by atoms with van der Waals surface area (Å²) in [5, 5.41) is 13.0. The molecule has 2 N–H and O–H groups in total. The first-order chi connectivity index (χ1) is 9.35. The number of aliphatic hydroxyl groups excluding tert-OH is 1. The number of carbonyl (C=O) groups excluding carboxylic acids is 1. The highest BCUT2D eigenvalue weighted by Crippen LogP contribution is 2.25. The van der Waals surface area contributed by atoms with Crippen molar-refractivity contribution < 1.29 is 9.90 Å². The molecule has 2 rings (SSSR count). The number of carbonyl (C=O) groups is 1. The fourth-order valence-electron chi connectivity index (χ4n) is 2.92. The first-order valence-corrected chi connectivity index (χ1v) is 7.52. The summed E-state index contributed by atoms with van der Waals surface area (Å²) in [6.07, 6.45) is 7.93. The van der Waals surface area contributed by atoms with E-state index in [-0.39, 0.29) is 23.6 Å². The Morgan fingerprint density at radius 1 is 1.30 bits per heavy atom. The molecule has 2 atom stereocenters. The molecule has 2 unspecified atom stereocenters. The smallest absolute Gasteiger partial charge is 0.239 e. The summed E-state index contributed by atoms with van der Waals surface area (Å²) in [4.78, 5) is 16.1. The highest BCUT2D eigenvalue weighted by atomic mass is 16.3. The van der Waals surface area contributed by atoms with Gasteiger partial charge in [0.1, 0.15) is 0 Å². The first kappa shape index (κ1) is 15.2. The Bertz CT molecular complexity index is 376. The van der Waals surface area contributed by atoms with Gasteiger partial charge in [-0.2, -0.15) is 0 Å². The molecule has 1 heterocycles. The summed E-state index contributed by atoms with van der Waals surface area (Å²) in [6.45, 7) is 7.01. The van der Waals surface area contributed by atoms with Gasteiger partial charge in [0.25, 0.3) is 0 Å². The van der Waals surface area contributed by atoms with Crippen molar-refractivity contribution >= 4 is 5.91 Å². The number of hydrogen-bond donors (Lipinski definition) is 2. The molecule has 114 valence electrons. The minimum atomic E-state index is -0.239. The normalized spacial score (nSPS) is 27.0. The number of hydrogen-bond acceptors (Lipinski definition) is 4. The molecular weight excluding hydrogens is 254 g/mol. The van der Waals surface area contributed by atoms with E-state index in [1.807, 2.05) is 38.1 Å². The van der Waals surface area contributed by atoms with Crippen LogP contribution in [0.5, 0.6) is 0 Å². The summed E-state index contributed by atoms with van der Waals surface area (Å²) in [5.41, 5.74) is -0.195. The third-order valence-electron chi connectivity index (χ3n) is 3.79. The predicted octanol–water partition coefficient (Wildman–Crippen LogP) is 1.25. The van der Waals surface area contributed by atoms with E-state index in [1.165, 1.54) is 6.42 Å². The van der Waals surface area contributed by atoms with Crippen molar-refractivity contribution in [2.45, 2.75) is 64.1 Å². The van der Waals surface area contributed by atoms with E-state index in [9.17, 15) is 9.90 Å². The van der Waals surface area contributed by atoms with Crippen LogP contribution in [0.25, 0.3) is 0 Å². The van der Waals surface area contributed by atoms with E-state index in [2.05, 4.69) is 10.2 Å². The van der Waals surface area contributed by atoms with E-state index >= 15 is 0 Å². The second-order valence-corrected chi connectivity index (χ2v) is 6.92. The topological polar surface area (TPSA) is 55.8 Å². The molecule has 0 aromatic carbocycles. The number of rotatable bonds is 3. The third-order valence-corrected chi connectivity index (χ3v) is 3.79. The van der Waals surface area contributed by atoms with Crippen molar-refractivity contribution in [2.24, 2.45) is 0 Å². The highest BCUT2D eigenvalue weighted by Gasteiger charge is 2.30. The molecule has 0 radical (unpaired) electrons. The summed E-state index contributed by atoms with van der Waals surface area (Å²) in [5.74, 6) is 0.0354. The maximum absolute atomic E-state index is 11.9. The Balaban J connectivity index is 1.81. The molecule has 0 bridgehead atoms. The molecule has 0 saturated heterocycles. The van der Waals surface area contributed by atoms with Crippen LogP contribution in [0, 0.1) is 0 Å². The largest absolute Gasteiger partial charge is 0.391 e. The van der Waals surface area contributed by atoms with E-state index in [0.29, 0.717) is 13.2 Å². The number of amides is 1. The van der Waals surface area contributed by atoms with Crippen LogP contribution < -0.4 is 5.32 Å². The van der Waals surface area contributed by atoms with Crippen LogP contribution in [-0.4, -0.2) is 51.7 Å². The SMILES string of the molecule is CC(C)(C)NC(=O)CN1C=CN(C2CCCCC2O)C1. The van der Waals surface area contributed by atoms with Crippen molar-refractivity contribution in [1.29, 1.82) is 0 Å². The van der Waals surface area contributed by atoms with Crippen LogP contribution in [0.4, 0.5) is 0 Å². The molecular formula is C15H27N3O2. The summed E-state index contributed by atoms with van der Waals surface area (Å²) >= 11 is 0. The maximum Gasteiger partial charge on any atom is 0.239 e. The monoisotopic (exact) mass is 281 g/mol. The van der Waals surface area contributed by atoms with Crippen LogP contribution in [0.2, 0.25) is 0 Å². The van der Waals surface area contributed by atoms with E-state index in [4.69, 9.17) is 0 Å². The number of nitrogens with zero attached hydrogens (tertiary/aromatic N) is 2. The lowest BCUT2D eigenvalue weighted by molar-refractivity contribution is -0.123. The van der Waals surface area contributed by atoms with Gasteiger partial charge in [-0.15, -0.1) is 0 Å². The zero-order chi connectivity index (χ0) is 14.8. The lowest BCUT2D eigenvalue weighted by Crippen LogP contribution is -2.47. The second-order valence-electron chi connectivity index (χ2n) is 6.92. The molecule has 1 aliphatic carbocycles. The highest BCUT2D eigenvalue weighted by molar-refractivity contribution is 5.78. The van der Waals surface area contributed by atoms with Gasteiger partial charge in [-0.1, -0.05) is 12.8 Å². The van der Waals surface area contributed by atoms with Gasteiger partial charge in [0.05, 0.1) is 25.4 Å². The Hall–Kier alpha value is -1.23. The molecule has 20 heavy (non-hydrogen) atoms. The molecule has 1 fully saturated rings. The fourth-order valence-corrected chi connectivity index (χ4v) is 2.92. The Morgan fingerprint density at radius 2 is 2.00 bits per heavy atom. The summed E-state index contributed by atoms with van der Waals surface area (Å²) < 4.78 is 0. The molecule has 0 aromatic heterocycles. The van der Waals surface area contributed by atoms with Gasteiger partial charge in [0.2, 0.25) is 5.91 Å². The van der Waals surface area contributed by atoms with Gasteiger partial charge in [0, 0.05) is 17.9 Å². The average Bonchev–Trinajstić information content (AvgIpc) is 2.75. The van der Waals surface area contributed by atoms with E-state index < -0.39 is 0 Å². The van der Waals surface area contributed by atoms with Crippen molar-refractivity contribution in [2.75, 3.05) is 13.2 Å². The van der Waals surface area contributed by atoms with Crippen LogP contribution in [0.3, 0.4) is 0 Å². The van der Waals surface area contributed by atoms with Gasteiger partial charge in [-0.05, 0) is 33.6 Å². The average molecular weight is 281 g/mol. The van der Waals surface area contributed by atoms with Crippen LogP contribution in [0.1, 0.15) is 46.5 Å². The number of nitrogens with one attached hydrogen (secondary N) is 1. The molecule has 0 spiro atoms. The van der Waals surface area contributed by atoms with Gasteiger partial charge < -0.3 is 20.2 Å². The lowest BCUT2D eigenvalue weighted by atomic mass is 9.92. The molecule has 5 heteroatoms.